The Kier molecular flexibility index (Phi) is 6.98. The van der Waals surface area contributed by atoms with E-state index in [4.69, 9.17) is 0 Å². The molecule has 1 saturated heterocycles. The van der Waals surface area contributed by atoms with Crippen LogP contribution in [0.25, 0.3) is 0 Å². The number of nitrogens with one attached hydrogen (secondary N) is 1. The first-order valence-corrected chi connectivity index (χ1v) is 11.6. The molecule has 170 valence electrons. The van der Waals surface area contributed by atoms with Crippen molar-refractivity contribution in [3.05, 3.63) is 29.8 Å². The van der Waals surface area contributed by atoms with Gasteiger partial charge in [0.25, 0.3) is 15.7 Å². The second-order valence-electron chi connectivity index (χ2n) is 9.28. The van der Waals surface area contributed by atoms with Gasteiger partial charge in [0, 0.05) is 29.2 Å². The third-order valence-corrected chi connectivity index (χ3v) is 6.84. The minimum Gasteiger partial charge on any atom is -0.336 e. The minimum absolute atomic E-state index is 0.0334. The van der Waals surface area contributed by atoms with Gasteiger partial charge in [0.15, 0.2) is 0 Å². The fourth-order valence-corrected chi connectivity index (χ4v) is 5.10. The van der Waals surface area contributed by atoms with Gasteiger partial charge in [0.05, 0.1) is 4.90 Å². The molecule has 1 aliphatic heterocycles. The van der Waals surface area contributed by atoms with Crippen molar-refractivity contribution in [1.29, 1.82) is 0 Å². The molecule has 2 rings (SSSR count). The Balaban J connectivity index is 2.33. The number of amides is 1. The SMILES string of the molecule is CCCCN(C(=O)c1ccc(S(=O)(=O)C(F)(F)F)cc1)C1CC(C)(C)NC(C)(C)C1. The first-order chi connectivity index (χ1) is 13.6. The Hall–Kier alpha value is -1.61. The van der Waals surface area contributed by atoms with Crippen molar-refractivity contribution < 1.29 is 26.4 Å². The number of hydrogen-bond acceptors (Lipinski definition) is 4. The lowest BCUT2D eigenvalue weighted by molar-refractivity contribution is -0.0436. The number of alkyl halides is 3. The zero-order valence-electron chi connectivity index (χ0n) is 18.1. The van der Waals surface area contributed by atoms with E-state index in [9.17, 15) is 26.4 Å². The molecular weight excluding hydrogens is 417 g/mol. The number of rotatable bonds is 6. The fourth-order valence-electron chi connectivity index (χ4n) is 4.34. The summed E-state index contributed by atoms with van der Waals surface area (Å²) in [5.74, 6) is -0.294. The summed E-state index contributed by atoms with van der Waals surface area (Å²) in [4.78, 5) is 14.2. The van der Waals surface area contributed by atoms with Gasteiger partial charge in [-0.3, -0.25) is 4.79 Å². The van der Waals surface area contributed by atoms with Crippen LogP contribution in [-0.4, -0.2) is 48.4 Å². The number of sulfone groups is 1. The molecule has 1 N–H and O–H groups in total. The van der Waals surface area contributed by atoms with Gasteiger partial charge in [-0.2, -0.15) is 13.2 Å². The molecule has 0 radical (unpaired) electrons. The molecule has 1 aromatic carbocycles. The van der Waals surface area contributed by atoms with E-state index in [2.05, 4.69) is 33.0 Å². The molecule has 1 amide bonds. The molecule has 0 saturated carbocycles. The summed E-state index contributed by atoms with van der Waals surface area (Å²) in [5.41, 5.74) is -5.55. The maximum absolute atomic E-state index is 13.3. The van der Waals surface area contributed by atoms with Crippen molar-refractivity contribution in [3.63, 3.8) is 0 Å². The van der Waals surface area contributed by atoms with Crippen LogP contribution in [0.15, 0.2) is 29.2 Å². The third kappa shape index (κ3) is 5.55. The Labute approximate surface area is 176 Å². The van der Waals surface area contributed by atoms with E-state index in [1.54, 1.807) is 4.90 Å². The molecule has 30 heavy (non-hydrogen) atoms. The Bertz CT molecular complexity index is 846. The average molecular weight is 449 g/mol. The predicted octanol–water partition coefficient (Wildman–Crippen LogP) is 4.53. The van der Waals surface area contributed by atoms with Gasteiger partial charge in [-0.05, 0) is 71.2 Å². The van der Waals surface area contributed by atoms with Crippen LogP contribution in [0.4, 0.5) is 13.2 Å². The molecule has 0 aromatic heterocycles. The first-order valence-electron chi connectivity index (χ1n) is 10.1. The standard InChI is InChI=1S/C21H31F3N2O3S/c1-6-7-12-26(16-13-19(2,3)25-20(4,5)14-16)18(27)15-8-10-17(11-9-15)30(28,29)21(22,23)24/h8-11,16,25H,6-7,12-14H2,1-5H3. The quantitative estimate of drug-likeness (QED) is 0.694. The van der Waals surface area contributed by atoms with E-state index in [-0.39, 0.29) is 28.6 Å². The number of unbranched alkanes of at least 4 members (excludes halogenated alkanes) is 1. The maximum Gasteiger partial charge on any atom is 0.501 e. The van der Waals surface area contributed by atoms with E-state index in [1.807, 2.05) is 6.92 Å². The zero-order chi connectivity index (χ0) is 23.0. The predicted molar refractivity (Wildman–Crippen MR) is 110 cm³/mol. The van der Waals surface area contributed by atoms with Crippen molar-refractivity contribution in [2.75, 3.05) is 6.54 Å². The number of carbonyl (C=O) groups excluding carboxylic acids is 1. The molecular formula is C21H31F3N2O3S. The zero-order valence-corrected chi connectivity index (χ0v) is 19.0. The average Bonchev–Trinajstić information content (AvgIpc) is 2.58. The summed E-state index contributed by atoms with van der Waals surface area (Å²) >= 11 is 0. The summed E-state index contributed by atoms with van der Waals surface area (Å²) in [7, 11) is -5.44. The number of nitrogens with zero attached hydrogens (tertiary/aromatic N) is 1. The Morgan fingerprint density at radius 1 is 1.10 bits per heavy atom. The highest BCUT2D eigenvalue weighted by Gasteiger charge is 2.47. The highest BCUT2D eigenvalue weighted by atomic mass is 32.2. The van der Waals surface area contributed by atoms with Crippen molar-refractivity contribution in [2.24, 2.45) is 0 Å². The number of carbonyl (C=O) groups is 1. The van der Waals surface area contributed by atoms with Crippen LogP contribution in [-0.2, 0) is 9.84 Å². The lowest BCUT2D eigenvalue weighted by Gasteiger charge is -2.49. The van der Waals surface area contributed by atoms with E-state index in [0.717, 1.165) is 49.9 Å². The van der Waals surface area contributed by atoms with Crippen LogP contribution in [0.5, 0.6) is 0 Å². The molecule has 9 heteroatoms. The van der Waals surface area contributed by atoms with Crippen molar-refractivity contribution in [2.45, 2.75) is 87.8 Å². The highest BCUT2D eigenvalue weighted by molar-refractivity contribution is 7.92. The summed E-state index contributed by atoms with van der Waals surface area (Å²) in [6.07, 6.45) is 3.18. The smallest absolute Gasteiger partial charge is 0.336 e. The first kappa shape index (κ1) is 24.7. The Morgan fingerprint density at radius 2 is 1.60 bits per heavy atom. The molecule has 1 fully saturated rings. The monoisotopic (exact) mass is 448 g/mol. The molecule has 1 aliphatic rings. The van der Waals surface area contributed by atoms with E-state index in [1.165, 1.54) is 0 Å². The molecule has 0 aliphatic carbocycles. The van der Waals surface area contributed by atoms with Crippen LogP contribution in [0.2, 0.25) is 0 Å². The van der Waals surface area contributed by atoms with Crippen molar-refractivity contribution >= 4 is 15.7 Å². The summed E-state index contributed by atoms with van der Waals surface area (Å²) in [6.45, 7) is 10.9. The molecule has 0 atom stereocenters. The molecule has 0 spiro atoms. The molecule has 0 bridgehead atoms. The topological polar surface area (TPSA) is 66.5 Å². The summed E-state index contributed by atoms with van der Waals surface area (Å²) in [6, 6.07) is 4.00. The van der Waals surface area contributed by atoms with Crippen LogP contribution >= 0.6 is 0 Å². The van der Waals surface area contributed by atoms with Gasteiger partial charge >= 0.3 is 5.51 Å². The third-order valence-electron chi connectivity index (χ3n) is 5.34. The largest absolute Gasteiger partial charge is 0.501 e. The summed E-state index contributed by atoms with van der Waals surface area (Å²) < 4.78 is 61.4. The number of halogens is 3. The van der Waals surface area contributed by atoms with Gasteiger partial charge in [-0.15, -0.1) is 0 Å². The van der Waals surface area contributed by atoms with Gasteiger partial charge < -0.3 is 10.2 Å². The van der Waals surface area contributed by atoms with Gasteiger partial charge in [0.1, 0.15) is 0 Å². The fraction of sp³-hybridized carbons (Fsp3) is 0.667. The van der Waals surface area contributed by atoms with Crippen LogP contribution < -0.4 is 5.32 Å². The van der Waals surface area contributed by atoms with Crippen molar-refractivity contribution in [3.8, 4) is 0 Å². The summed E-state index contributed by atoms with van der Waals surface area (Å²) in [5, 5.41) is 3.58. The highest BCUT2D eigenvalue weighted by Crippen LogP contribution is 2.33. The molecule has 0 unspecified atom stereocenters. The van der Waals surface area contributed by atoms with Crippen LogP contribution in [0.1, 0.15) is 70.7 Å². The van der Waals surface area contributed by atoms with E-state index >= 15 is 0 Å². The van der Waals surface area contributed by atoms with Gasteiger partial charge in [0.2, 0.25) is 0 Å². The number of hydrogen-bond donors (Lipinski definition) is 1. The van der Waals surface area contributed by atoms with Crippen LogP contribution in [0, 0.1) is 0 Å². The lowest BCUT2D eigenvalue weighted by atomic mass is 9.78. The molecule has 1 aromatic rings. The number of piperidine rings is 1. The minimum atomic E-state index is -5.44. The molecule has 5 nitrogen and oxygen atoms in total. The molecule has 1 heterocycles. The number of benzene rings is 1. The lowest BCUT2D eigenvalue weighted by Crippen LogP contribution is -2.62. The van der Waals surface area contributed by atoms with E-state index in [0.29, 0.717) is 6.54 Å². The van der Waals surface area contributed by atoms with Crippen molar-refractivity contribution in [1.82, 2.24) is 10.2 Å². The van der Waals surface area contributed by atoms with Crippen LogP contribution in [0.3, 0.4) is 0 Å². The van der Waals surface area contributed by atoms with Gasteiger partial charge in [-0.25, -0.2) is 8.42 Å². The van der Waals surface area contributed by atoms with E-state index < -0.39 is 20.2 Å². The Morgan fingerprint density at radius 3 is 2.03 bits per heavy atom. The second-order valence-corrected chi connectivity index (χ2v) is 11.2. The second kappa shape index (κ2) is 8.49. The maximum atomic E-state index is 13.3. The van der Waals surface area contributed by atoms with Gasteiger partial charge in [-0.1, -0.05) is 13.3 Å². The normalized spacial score (nSPS) is 19.5.